The highest BCUT2D eigenvalue weighted by Gasteiger charge is 2.56. The van der Waals surface area contributed by atoms with Crippen LogP contribution in [0.25, 0.3) is 0 Å². The molecule has 6 rings (SSSR count). The Kier molecular flexibility index (Phi) is 9.17. The Hall–Kier alpha value is -4.90. The smallest absolute Gasteiger partial charge is 0.408 e. The fourth-order valence-electron chi connectivity index (χ4n) is 5.84. The number of hydrogen-bond acceptors (Lipinski definition) is 8. The fraction of sp³-hybridized carbons (Fsp3) is 0.306. The van der Waals surface area contributed by atoms with E-state index in [1.807, 2.05) is 72.8 Å². The van der Waals surface area contributed by atoms with Crippen molar-refractivity contribution in [1.82, 2.24) is 20.1 Å². The van der Waals surface area contributed by atoms with Gasteiger partial charge in [0.15, 0.2) is 12.1 Å². The van der Waals surface area contributed by atoms with Crippen molar-refractivity contribution in [2.75, 3.05) is 6.54 Å². The number of thioether (sulfide) groups is 1. The van der Waals surface area contributed by atoms with Crippen molar-refractivity contribution in [2.45, 2.75) is 62.9 Å². The van der Waals surface area contributed by atoms with Crippen LogP contribution in [0.2, 0.25) is 0 Å². The number of hydrogen-bond donors (Lipinski definition) is 1. The van der Waals surface area contributed by atoms with E-state index in [2.05, 4.69) is 10.3 Å². The van der Waals surface area contributed by atoms with Gasteiger partial charge in [0.1, 0.15) is 17.0 Å². The van der Waals surface area contributed by atoms with Crippen LogP contribution in [0.3, 0.4) is 0 Å². The molecule has 0 aliphatic carbocycles. The lowest BCUT2D eigenvalue weighted by molar-refractivity contribution is -0.164. The number of alkyl carbamates (subject to hydrolysis) is 1. The summed E-state index contributed by atoms with van der Waals surface area (Å²) in [6.07, 6.45) is 4.16. The highest BCUT2D eigenvalue weighted by atomic mass is 32.2. The summed E-state index contributed by atoms with van der Waals surface area (Å²) in [4.78, 5) is 61.3. The number of ether oxygens (including phenoxy) is 2. The minimum Gasteiger partial charge on any atom is -0.451 e. The van der Waals surface area contributed by atoms with Crippen LogP contribution in [0.15, 0.2) is 108 Å². The SMILES string of the molecule is CC(C)(C)OC(=O)N[C@@H]1C(=O)N2[C@@H](C(=O)OC(c3ccccc3)c3ccccc3)C(C=C3CCN(Cc4cccnc4)C3=O)=CS[C@H]12. The van der Waals surface area contributed by atoms with Crippen molar-refractivity contribution in [3.8, 4) is 0 Å². The van der Waals surface area contributed by atoms with Crippen LogP contribution < -0.4 is 5.32 Å². The molecule has 10 nitrogen and oxygen atoms in total. The zero-order chi connectivity index (χ0) is 33.1. The van der Waals surface area contributed by atoms with Crippen LogP contribution in [-0.4, -0.2) is 68.3 Å². The summed E-state index contributed by atoms with van der Waals surface area (Å²) in [6, 6.07) is 20.5. The van der Waals surface area contributed by atoms with E-state index in [-0.39, 0.29) is 5.91 Å². The molecule has 0 radical (unpaired) electrons. The lowest BCUT2D eigenvalue weighted by Gasteiger charge is -2.51. The molecule has 2 aromatic carbocycles. The van der Waals surface area contributed by atoms with Gasteiger partial charge in [0.05, 0.1) is 0 Å². The van der Waals surface area contributed by atoms with E-state index in [9.17, 15) is 19.2 Å². The van der Waals surface area contributed by atoms with Gasteiger partial charge in [-0.2, -0.15) is 0 Å². The molecule has 2 fully saturated rings. The largest absolute Gasteiger partial charge is 0.451 e. The van der Waals surface area contributed by atoms with Gasteiger partial charge >= 0.3 is 12.1 Å². The van der Waals surface area contributed by atoms with Crippen molar-refractivity contribution in [2.24, 2.45) is 0 Å². The average molecular weight is 653 g/mol. The molecule has 1 N–H and O–H groups in total. The third kappa shape index (κ3) is 7.10. The summed E-state index contributed by atoms with van der Waals surface area (Å²) in [6.45, 7) is 6.16. The summed E-state index contributed by atoms with van der Waals surface area (Å²) in [5.74, 6) is -1.22. The second-order valence-corrected chi connectivity index (χ2v) is 13.6. The number of β-lactam (4-membered cyclic amide) rings is 1. The van der Waals surface area contributed by atoms with Crippen molar-refractivity contribution in [3.63, 3.8) is 0 Å². The fourth-order valence-corrected chi connectivity index (χ4v) is 7.03. The number of carbonyl (C=O) groups is 4. The van der Waals surface area contributed by atoms with Crippen molar-refractivity contribution in [1.29, 1.82) is 0 Å². The molecular weight excluding hydrogens is 616 g/mol. The first-order valence-electron chi connectivity index (χ1n) is 15.5. The third-order valence-electron chi connectivity index (χ3n) is 8.00. The van der Waals surface area contributed by atoms with E-state index in [0.29, 0.717) is 30.7 Å². The van der Waals surface area contributed by atoms with Crippen LogP contribution in [0.4, 0.5) is 4.79 Å². The minimum atomic E-state index is -1.13. The minimum absolute atomic E-state index is 0.139. The van der Waals surface area contributed by atoms with Crippen molar-refractivity contribution < 1.29 is 28.7 Å². The highest BCUT2D eigenvalue weighted by Crippen LogP contribution is 2.42. The quantitative estimate of drug-likeness (QED) is 0.202. The molecule has 4 heterocycles. The molecule has 0 saturated carbocycles. The number of nitrogens with zero attached hydrogens (tertiary/aromatic N) is 3. The second-order valence-electron chi connectivity index (χ2n) is 12.6. The number of aromatic nitrogens is 1. The Labute approximate surface area is 277 Å². The van der Waals surface area contributed by atoms with Gasteiger partial charge in [0.2, 0.25) is 11.8 Å². The maximum Gasteiger partial charge on any atom is 0.408 e. The standard InChI is InChI=1S/C36H36N4O6S/c1-36(2,3)46-35(44)38-28-32(42)40-29(34(43)45-30(24-12-6-4-7-13-24)25-14-8-5-9-15-25)27(22-47-33(28)40)19-26-16-18-39(31(26)41)21-23-11-10-17-37-20-23/h4-15,17,19-20,22,28-30,33H,16,18,21H2,1-3H3,(H,38,44)/t28-,29-,33-/m1/s1. The Morgan fingerprint density at radius 3 is 2.32 bits per heavy atom. The van der Waals surface area contributed by atoms with Crippen LogP contribution >= 0.6 is 11.8 Å². The number of rotatable bonds is 8. The first-order valence-corrected chi connectivity index (χ1v) is 16.4. The molecule has 11 heteroatoms. The van der Waals surface area contributed by atoms with Gasteiger partial charge in [-0.3, -0.25) is 14.6 Å². The van der Waals surface area contributed by atoms with Gasteiger partial charge < -0.3 is 24.6 Å². The van der Waals surface area contributed by atoms with Gasteiger partial charge in [-0.05, 0) is 67.0 Å². The first-order chi connectivity index (χ1) is 22.6. The van der Waals surface area contributed by atoms with E-state index in [4.69, 9.17) is 9.47 Å². The molecular formula is C36H36N4O6S. The van der Waals surface area contributed by atoms with Gasteiger partial charge in [-0.25, -0.2) is 9.59 Å². The van der Waals surface area contributed by atoms with E-state index in [0.717, 1.165) is 16.7 Å². The molecule has 3 aliphatic heterocycles. The van der Waals surface area contributed by atoms with E-state index < -0.39 is 47.1 Å². The predicted molar refractivity (Wildman–Crippen MR) is 176 cm³/mol. The van der Waals surface area contributed by atoms with E-state index in [1.165, 1.54) is 16.7 Å². The second kappa shape index (κ2) is 13.4. The zero-order valence-electron chi connectivity index (χ0n) is 26.4. The lowest BCUT2D eigenvalue weighted by Crippen LogP contribution is -2.74. The van der Waals surface area contributed by atoms with Gasteiger partial charge in [-0.1, -0.05) is 66.7 Å². The van der Waals surface area contributed by atoms with Crippen LogP contribution in [0.5, 0.6) is 0 Å². The molecule has 242 valence electrons. The number of pyridine rings is 1. The number of carbonyl (C=O) groups excluding carboxylic acids is 4. The summed E-state index contributed by atoms with van der Waals surface area (Å²) in [7, 11) is 0. The number of fused-ring (bicyclic) bond motifs is 1. The Morgan fingerprint density at radius 2 is 1.70 bits per heavy atom. The van der Waals surface area contributed by atoms with E-state index in [1.54, 1.807) is 49.5 Å². The zero-order valence-corrected chi connectivity index (χ0v) is 27.2. The molecule has 47 heavy (non-hydrogen) atoms. The number of nitrogens with one attached hydrogen (secondary N) is 1. The summed E-state index contributed by atoms with van der Waals surface area (Å²) in [5, 5.41) is 3.88. The Morgan fingerprint density at radius 1 is 1.02 bits per heavy atom. The molecule has 3 aromatic rings. The topological polar surface area (TPSA) is 118 Å². The Balaban J connectivity index is 1.29. The summed E-state index contributed by atoms with van der Waals surface area (Å²) in [5.41, 5.74) is 2.73. The number of esters is 1. The molecule has 0 unspecified atom stereocenters. The van der Waals surface area contributed by atoms with Crippen LogP contribution in [0, 0.1) is 0 Å². The Bertz CT molecular complexity index is 1670. The molecule has 3 aliphatic rings. The molecule has 3 amide bonds. The number of amides is 3. The lowest BCUT2D eigenvalue weighted by atomic mass is 9.95. The monoisotopic (exact) mass is 652 g/mol. The van der Waals surface area contributed by atoms with Crippen LogP contribution in [0.1, 0.15) is 50.0 Å². The maximum absolute atomic E-state index is 14.3. The molecule has 1 aromatic heterocycles. The average Bonchev–Trinajstić information content (AvgIpc) is 3.40. The van der Waals surface area contributed by atoms with Crippen molar-refractivity contribution in [3.05, 3.63) is 125 Å². The first kappa shape index (κ1) is 32.1. The normalized spacial score (nSPS) is 21.7. The third-order valence-corrected chi connectivity index (χ3v) is 9.19. The number of benzene rings is 2. The number of likely N-dealkylation sites (tertiary alicyclic amines) is 1. The summed E-state index contributed by atoms with van der Waals surface area (Å²) < 4.78 is 11.6. The van der Waals surface area contributed by atoms with Crippen LogP contribution in [-0.2, 0) is 30.4 Å². The van der Waals surface area contributed by atoms with Gasteiger partial charge in [-0.15, -0.1) is 11.8 Å². The highest BCUT2D eigenvalue weighted by molar-refractivity contribution is 8.03. The predicted octanol–water partition coefficient (Wildman–Crippen LogP) is 5.13. The van der Waals surface area contributed by atoms with E-state index >= 15 is 0 Å². The molecule has 0 bridgehead atoms. The van der Waals surface area contributed by atoms with Gasteiger partial charge in [0, 0.05) is 31.1 Å². The molecule has 3 atom stereocenters. The van der Waals surface area contributed by atoms with Gasteiger partial charge in [0.25, 0.3) is 0 Å². The summed E-state index contributed by atoms with van der Waals surface area (Å²) >= 11 is 1.30. The van der Waals surface area contributed by atoms with Crippen molar-refractivity contribution >= 4 is 35.6 Å². The molecule has 0 spiro atoms. The molecule has 2 saturated heterocycles. The maximum atomic E-state index is 14.3.